The lowest BCUT2D eigenvalue weighted by atomic mass is 9.90. The zero-order valence-electron chi connectivity index (χ0n) is 6.34. The van der Waals surface area contributed by atoms with Crippen molar-refractivity contribution < 1.29 is 20.1 Å². The summed E-state index contributed by atoms with van der Waals surface area (Å²) >= 11 is 0. The van der Waals surface area contributed by atoms with Crippen molar-refractivity contribution in [2.75, 3.05) is 6.61 Å². The summed E-state index contributed by atoms with van der Waals surface area (Å²) in [6.07, 6.45) is -1.48. The molecule has 1 aliphatic rings. The van der Waals surface area contributed by atoms with E-state index in [2.05, 4.69) is 0 Å². The molecule has 0 aromatic carbocycles. The highest BCUT2D eigenvalue weighted by Gasteiger charge is 2.34. The molecule has 12 heavy (non-hydrogen) atoms. The lowest BCUT2D eigenvalue weighted by Crippen LogP contribution is -2.51. The van der Waals surface area contributed by atoms with E-state index in [-0.39, 0.29) is 5.57 Å². The van der Waals surface area contributed by atoms with Gasteiger partial charge in [0.1, 0.15) is 12.2 Å². The minimum absolute atomic E-state index is 0.106. The van der Waals surface area contributed by atoms with E-state index in [4.69, 9.17) is 10.8 Å². The van der Waals surface area contributed by atoms with E-state index in [9.17, 15) is 15.0 Å². The molecule has 0 aromatic rings. The van der Waals surface area contributed by atoms with Gasteiger partial charge in [0, 0.05) is 0 Å². The summed E-state index contributed by atoms with van der Waals surface area (Å²) in [5.41, 5.74) is 5.35. The molecule has 1 rings (SSSR count). The number of ketones is 1. The summed E-state index contributed by atoms with van der Waals surface area (Å²) in [4.78, 5) is 10.9. The smallest absolute Gasteiger partial charge is 0.175 e. The molecular formula is C7H11NO4. The van der Waals surface area contributed by atoms with E-state index in [1.807, 2.05) is 0 Å². The van der Waals surface area contributed by atoms with Crippen molar-refractivity contribution >= 4 is 5.78 Å². The largest absolute Gasteiger partial charge is 0.392 e. The van der Waals surface area contributed by atoms with Gasteiger partial charge in [-0.25, -0.2) is 0 Å². The molecule has 5 nitrogen and oxygen atoms in total. The molecule has 5 heteroatoms. The third-order valence-corrected chi connectivity index (χ3v) is 1.91. The number of carbonyl (C=O) groups excluding carboxylic acids is 1. The highest BCUT2D eigenvalue weighted by atomic mass is 16.3. The third kappa shape index (κ3) is 1.39. The van der Waals surface area contributed by atoms with Crippen LogP contribution in [0.25, 0.3) is 0 Å². The van der Waals surface area contributed by atoms with Gasteiger partial charge >= 0.3 is 0 Å². The monoisotopic (exact) mass is 173 g/mol. The summed E-state index contributed by atoms with van der Waals surface area (Å²) in [7, 11) is 0. The van der Waals surface area contributed by atoms with Gasteiger partial charge in [0.2, 0.25) is 0 Å². The topological polar surface area (TPSA) is 104 Å². The van der Waals surface area contributed by atoms with E-state index in [1.54, 1.807) is 0 Å². The van der Waals surface area contributed by atoms with E-state index < -0.39 is 30.6 Å². The standard InChI is InChI=1S/C7H11NO4/c8-5-4(10)1-3(2-9)6(11)7(5)12/h1,5-7,9,11-12H,2,8H2/t5?,6-,7-/m1/s1. The fourth-order valence-corrected chi connectivity index (χ4v) is 1.09. The molecule has 1 unspecified atom stereocenters. The predicted molar refractivity (Wildman–Crippen MR) is 40.2 cm³/mol. The van der Waals surface area contributed by atoms with Crippen LogP contribution in [-0.2, 0) is 4.79 Å². The Morgan fingerprint density at radius 3 is 2.58 bits per heavy atom. The number of hydrogen-bond donors (Lipinski definition) is 4. The first-order valence-corrected chi connectivity index (χ1v) is 3.55. The summed E-state index contributed by atoms with van der Waals surface area (Å²) in [6, 6.07) is -1.09. The number of aliphatic hydroxyl groups is 3. The summed E-state index contributed by atoms with van der Waals surface area (Å²) < 4.78 is 0. The van der Waals surface area contributed by atoms with Crippen LogP contribution >= 0.6 is 0 Å². The Morgan fingerprint density at radius 1 is 1.50 bits per heavy atom. The number of nitrogens with two attached hydrogens (primary N) is 1. The molecule has 0 saturated carbocycles. The maximum Gasteiger partial charge on any atom is 0.175 e. The van der Waals surface area contributed by atoms with Crippen molar-refractivity contribution in [3.05, 3.63) is 11.6 Å². The molecule has 0 amide bonds. The minimum atomic E-state index is -1.32. The normalized spacial score (nSPS) is 36.5. The fraction of sp³-hybridized carbons (Fsp3) is 0.571. The first kappa shape index (κ1) is 9.34. The fourth-order valence-electron chi connectivity index (χ4n) is 1.09. The molecule has 0 radical (unpaired) electrons. The molecule has 5 N–H and O–H groups in total. The minimum Gasteiger partial charge on any atom is -0.392 e. The molecule has 0 spiro atoms. The molecule has 0 fully saturated rings. The molecule has 68 valence electrons. The average Bonchev–Trinajstić information content (AvgIpc) is 2.08. The number of aliphatic hydroxyl groups excluding tert-OH is 3. The highest BCUT2D eigenvalue weighted by Crippen LogP contribution is 2.15. The molecule has 1 aliphatic carbocycles. The van der Waals surface area contributed by atoms with Gasteiger partial charge in [-0.3, -0.25) is 4.79 Å². The van der Waals surface area contributed by atoms with Gasteiger partial charge in [0.25, 0.3) is 0 Å². The number of carbonyl (C=O) groups is 1. The Morgan fingerprint density at radius 2 is 2.08 bits per heavy atom. The second-order valence-corrected chi connectivity index (χ2v) is 2.74. The maximum atomic E-state index is 10.9. The second-order valence-electron chi connectivity index (χ2n) is 2.74. The van der Waals surface area contributed by atoms with Crippen molar-refractivity contribution in [2.45, 2.75) is 18.2 Å². The summed E-state index contributed by atoms with van der Waals surface area (Å²) in [5, 5.41) is 27.0. The molecular weight excluding hydrogens is 162 g/mol. The van der Waals surface area contributed by atoms with Gasteiger partial charge < -0.3 is 21.1 Å². The van der Waals surface area contributed by atoms with E-state index >= 15 is 0 Å². The van der Waals surface area contributed by atoms with Crippen molar-refractivity contribution in [2.24, 2.45) is 5.73 Å². The van der Waals surface area contributed by atoms with E-state index in [1.165, 1.54) is 0 Å². The van der Waals surface area contributed by atoms with Crippen molar-refractivity contribution in [1.29, 1.82) is 0 Å². The Labute approximate surface area is 69.1 Å². The van der Waals surface area contributed by atoms with Crippen LogP contribution in [0.15, 0.2) is 11.6 Å². The second kappa shape index (κ2) is 3.32. The van der Waals surface area contributed by atoms with Crippen molar-refractivity contribution in [3.63, 3.8) is 0 Å². The lowest BCUT2D eigenvalue weighted by Gasteiger charge is -2.27. The molecule has 0 aliphatic heterocycles. The van der Waals surface area contributed by atoms with Gasteiger partial charge in [-0.2, -0.15) is 0 Å². The van der Waals surface area contributed by atoms with Crippen LogP contribution in [0.2, 0.25) is 0 Å². The predicted octanol–water partition coefficient (Wildman–Crippen LogP) is -2.46. The Balaban J connectivity index is 2.91. The highest BCUT2D eigenvalue weighted by molar-refractivity contribution is 5.96. The summed E-state index contributed by atoms with van der Waals surface area (Å²) in [6.45, 7) is -0.448. The first-order chi connectivity index (χ1) is 5.57. The molecule has 0 saturated heterocycles. The van der Waals surface area contributed by atoms with E-state index in [0.717, 1.165) is 6.08 Å². The van der Waals surface area contributed by atoms with Crippen LogP contribution in [0.1, 0.15) is 0 Å². The van der Waals surface area contributed by atoms with Crippen LogP contribution in [0, 0.1) is 0 Å². The van der Waals surface area contributed by atoms with Crippen LogP contribution in [0.5, 0.6) is 0 Å². The lowest BCUT2D eigenvalue weighted by molar-refractivity contribution is -0.121. The Hall–Kier alpha value is -0.750. The Bertz CT molecular complexity index is 225. The molecule has 0 aromatic heterocycles. The van der Waals surface area contributed by atoms with Gasteiger partial charge in [-0.1, -0.05) is 0 Å². The van der Waals surface area contributed by atoms with Gasteiger partial charge in [-0.05, 0) is 11.6 Å². The zero-order valence-corrected chi connectivity index (χ0v) is 6.34. The van der Waals surface area contributed by atoms with Crippen LogP contribution in [0.3, 0.4) is 0 Å². The number of rotatable bonds is 1. The van der Waals surface area contributed by atoms with Gasteiger partial charge in [0.15, 0.2) is 5.78 Å². The van der Waals surface area contributed by atoms with Gasteiger partial charge in [0.05, 0.1) is 12.6 Å². The van der Waals surface area contributed by atoms with Crippen LogP contribution < -0.4 is 5.73 Å². The van der Waals surface area contributed by atoms with Crippen LogP contribution in [0.4, 0.5) is 0 Å². The Kier molecular flexibility index (Phi) is 2.58. The molecule has 3 atom stereocenters. The third-order valence-electron chi connectivity index (χ3n) is 1.91. The maximum absolute atomic E-state index is 10.9. The molecule has 0 bridgehead atoms. The summed E-state index contributed by atoms with van der Waals surface area (Å²) in [5.74, 6) is -0.475. The van der Waals surface area contributed by atoms with Gasteiger partial charge in [-0.15, -0.1) is 0 Å². The molecule has 0 heterocycles. The first-order valence-electron chi connectivity index (χ1n) is 3.55. The quantitative estimate of drug-likeness (QED) is 0.352. The van der Waals surface area contributed by atoms with E-state index in [0.29, 0.717) is 0 Å². The van der Waals surface area contributed by atoms with Crippen molar-refractivity contribution in [3.8, 4) is 0 Å². The SMILES string of the molecule is NC1C(=O)C=C(CO)[C@@H](O)[C@@H]1O. The number of hydrogen-bond acceptors (Lipinski definition) is 5. The average molecular weight is 173 g/mol. The van der Waals surface area contributed by atoms with Crippen molar-refractivity contribution in [1.82, 2.24) is 0 Å². The van der Waals surface area contributed by atoms with Crippen LogP contribution in [-0.4, -0.2) is 46.0 Å². The zero-order chi connectivity index (χ0) is 9.30.